The van der Waals surface area contributed by atoms with Gasteiger partial charge in [-0.3, -0.25) is 4.90 Å². The summed E-state index contributed by atoms with van der Waals surface area (Å²) in [5.41, 5.74) is 8.01. The van der Waals surface area contributed by atoms with E-state index >= 15 is 0 Å². The van der Waals surface area contributed by atoms with Crippen LogP contribution in [0.3, 0.4) is 0 Å². The monoisotopic (exact) mass is 274 g/mol. The van der Waals surface area contributed by atoms with Gasteiger partial charge in [-0.2, -0.15) is 0 Å². The molecule has 0 aliphatic carbocycles. The van der Waals surface area contributed by atoms with Crippen molar-refractivity contribution in [2.45, 2.75) is 39.4 Å². The molecule has 19 heavy (non-hydrogen) atoms. The lowest BCUT2D eigenvalue weighted by Crippen LogP contribution is -2.32. The molecule has 0 saturated carbocycles. The maximum Gasteiger partial charge on any atom is 0.0336 e. The molecule has 0 bridgehead atoms. The van der Waals surface area contributed by atoms with E-state index in [0.29, 0.717) is 12.1 Å². The topological polar surface area (TPSA) is 29.3 Å². The van der Waals surface area contributed by atoms with Crippen molar-refractivity contribution in [3.8, 4) is 0 Å². The molecule has 0 aliphatic heterocycles. The number of nitrogen functional groups attached to an aromatic ring is 1. The minimum Gasteiger partial charge on any atom is -0.399 e. The highest BCUT2D eigenvalue weighted by Gasteiger charge is 2.19. The molecule has 0 amide bonds. The van der Waals surface area contributed by atoms with Gasteiger partial charge in [-0.15, -0.1) is 11.3 Å². The lowest BCUT2D eigenvalue weighted by atomic mass is 10.0. The molecule has 2 rings (SSSR count). The summed E-state index contributed by atoms with van der Waals surface area (Å²) in [6.45, 7) is 7.74. The number of benzene rings is 1. The number of hydrogen-bond donors (Lipinski definition) is 1. The minimum absolute atomic E-state index is 0.366. The Morgan fingerprint density at radius 1 is 1.16 bits per heavy atom. The highest BCUT2D eigenvalue weighted by Crippen LogP contribution is 2.26. The van der Waals surface area contributed by atoms with E-state index in [1.165, 1.54) is 10.4 Å². The van der Waals surface area contributed by atoms with Gasteiger partial charge in [0, 0.05) is 29.2 Å². The molecule has 1 unspecified atom stereocenters. The Bertz CT molecular complexity index is 505. The van der Waals surface area contributed by atoms with Gasteiger partial charge in [0.15, 0.2) is 0 Å². The van der Waals surface area contributed by atoms with Crippen LogP contribution in [0, 0.1) is 0 Å². The summed E-state index contributed by atoms with van der Waals surface area (Å²) >= 11 is 1.82. The Hall–Kier alpha value is -1.32. The fourth-order valence-electron chi connectivity index (χ4n) is 2.36. The van der Waals surface area contributed by atoms with Crippen LogP contribution in [-0.4, -0.2) is 10.9 Å². The van der Waals surface area contributed by atoms with Gasteiger partial charge in [0.2, 0.25) is 0 Å². The maximum atomic E-state index is 5.89. The van der Waals surface area contributed by atoms with Crippen LogP contribution in [-0.2, 0) is 6.54 Å². The van der Waals surface area contributed by atoms with Crippen molar-refractivity contribution in [2.24, 2.45) is 0 Å². The Balaban J connectivity index is 2.19. The molecule has 1 atom stereocenters. The van der Waals surface area contributed by atoms with Crippen LogP contribution in [0.15, 0.2) is 41.8 Å². The zero-order chi connectivity index (χ0) is 13.8. The quantitative estimate of drug-likeness (QED) is 0.824. The van der Waals surface area contributed by atoms with Gasteiger partial charge in [-0.05, 0) is 49.9 Å². The van der Waals surface area contributed by atoms with E-state index in [4.69, 9.17) is 5.73 Å². The fourth-order valence-corrected chi connectivity index (χ4v) is 3.07. The molecule has 2 nitrogen and oxygen atoms in total. The zero-order valence-electron chi connectivity index (χ0n) is 11.8. The number of nitrogens with two attached hydrogens (primary N) is 1. The minimum atomic E-state index is 0.366. The third kappa shape index (κ3) is 3.58. The van der Waals surface area contributed by atoms with E-state index in [2.05, 4.69) is 55.3 Å². The lowest BCUT2D eigenvalue weighted by molar-refractivity contribution is 0.157. The Morgan fingerprint density at radius 2 is 1.95 bits per heavy atom. The first-order valence-corrected chi connectivity index (χ1v) is 7.59. The van der Waals surface area contributed by atoms with Crippen LogP contribution in [0.5, 0.6) is 0 Å². The van der Waals surface area contributed by atoms with Gasteiger partial charge in [0.1, 0.15) is 0 Å². The van der Waals surface area contributed by atoms with Crippen molar-refractivity contribution >= 4 is 17.0 Å². The third-order valence-electron chi connectivity index (χ3n) is 3.47. The molecule has 0 spiro atoms. The number of anilines is 1. The first-order valence-electron chi connectivity index (χ1n) is 6.71. The van der Waals surface area contributed by atoms with Crippen LogP contribution >= 0.6 is 11.3 Å². The van der Waals surface area contributed by atoms with Crippen LogP contribution in [0.2, 0.25) is 0 Å². The highest BCUT2D eigenvalue weighted by molar-refractivity contribution is 7.09. The smallest absolute Gasteiger partial charge is 0.0336 e. The van der Waals surface area contributed by atoms with Crippen molar-refractivity contribution in [3.63, 3.8) is 0 Å². The molecule has 2 N–H and O–H groups in total. The summed E-state index contributed by atoms with van der Waals surface area (Å²) < 4.78 is 0. The molecule has 1 aromatic carbocycles. The molecule has 1 heterocycles. The lowest BCUT2D eigenvalue weighted by Gasteiger charge is -2.32. The first-order chi connectivity index (χ1) is 9.08. The summed E-state index contributed by atoms with van der Waals surface area (Å²) in [4.78, 5) is 3.91. The summed E-state index contributed by atoms with van der Waals surface area (Å²) in [5, 5.41) is 2.14. The van der Waals surface area contributed by atoms with Crippen molar-refractivity contribution in [1.82, 2.24) is 4.90 Å². The number of hydrogen-bond acceptors (Lipinski definition) is 3. The fraction of sp³-hybridized carbons (Fsp3) is 0.375. The van der Waals surface area contributed by atoms with Crippen molar-refractivity contribution in [2.75, 3.05) is 5.73 Å². The van der Waals surface area contributed by atoms with Crippen LogP contribution in [0.1, 0.15) is 37.3 Å². The maximum absolute atomic E-state index is 5.89. The van der Waals surface area contributed by atoms with Gasteiger partial charge >= 0.3 is 0 Å². The normalized spacial score (nSPS) is 13.1. The molecule has 102 valence electrons. The Labute approximate surface area is 119 Å². The SMILES string of the molecule is CC(C)N(Cc1cccs1)C(C)c1cccc(N)c1. The van der Waals surface area contributed by atoms with Crippen LogP contribution < -0.4 is 5.73 Å². The van der Waals surface area contributed by atoms with E-state index in [-0.39, 0.29) is 0 Å². The van der Waals surface area contributed by atoms with Gasteiger partial charge < -0.3 is 5.73 Å². The van der Waals surface area contributed by atoms with Crippen molar-refractivity contribution in [1.29, 1.82) is 0 Å². The number of rotatable bonds is 5. The summed E-state index contributed by atoms with van der Waals surface area (Å²) in [6, 6.07) is 13.4. The van der Waals surface area contributed by atoms with E-state index < -0.39 is 0 Å². The predicted molar refractivity (Wildman–Crippen MR) is 84.3 cm³/mol. The van der Waals surface area contributed by atoms with E-state index in [1.807, 2.05) is 23.5 Å². The summed E-state index contributed by atoms with van der Waals surface area (Å²) in [6.07, 6.45) is 0. The van der Waals surface area contributed by atoms with Crippen LogP contribution in [0.25, 0.3) is 0 Å². The van der Waals surface area contributed by atoms with Crippen LogP contribution in [0.4, 0.5) is 5.69 Å². The average molecular weight is 274 g/mol. The highest BCUT2D eigenvalue weighted by atomic mass is 32.1. The predicted octanol–water partition coefficient (Wildman–Crippen LogP) is 4.30. The Kier molecular flexibility index (Phi) is 4.61. The first kappa shape index (κ1) is 14.1. The molecule has 0 aliphatic rings. The average Bonchev–Trinajstić information content (AvgIpc) is 2.87. The Morgan fingerprint density at radius 3 is 2.53 bits per heavy atom. The third-order valence-corrected chi connectivity index (χ3v) is 4.33. The second-order valence-electron chi connectivity index (χ2n) is 5.19. The largest absolute Gasteiger partial charge is 0.399 e. The number of thiophene rings is 1. The molecule has 3 heteroatoms. The second kappa shape index (κ2) is 6.22. The molecule has 0 radical (unpaired) electrons. The van der Waals surface area contributed by atoms with Gasteiger partial charge in [-0.1, -0.05) is 18.2 Å². The van der Waals surface area contributed by atoms with E-state index in [9.17, 15) is 0 Å². The molecule has 0 saturated heterocycles. The van der Waals surface area contributed by atoms with Gasteiger partial charge in [0.05, 0.1) is 0 Å². The molecular weight excluding hydrogens is 252 g/mol. The second-order valence-corrected chi connectivity index (χ2v) is 6.22. The molecule has 1 aromatic heterocycles. The van der Waals surface area contributed by atoms with E-state index in [0.717, 1.165) is 12.2 Å². The summed E-state index contributed by atoms with van der Waals surface area (Å²) in [5.74, 6) is 0. The molecular formula is C16H22N2S. The number of nitrogens with zero attached hydrogens (tertiary/aromatic N) is 1. The van der Waals surface area contributed by atoms with Crippen molar-refractivity contribution in [3.05, 3.63) is 52.2 Å². The summed E-state index contributed by atoms with van der Waals surface area (Å²) in [7, 11) is 0. The molecule has 2 aromatic rings. The van der Waals surface area contributed by atoms with Gasteiger partial charge in [0.25, 0.3) is 0 Å². The van der Waals surface area contributed by atoms with Crippen molar-refractivity contribution < 1.29 is 0 Å². The molecule has 0 fully saturated rings. The van der Waals surface area contributed by atoms with Gasteiger partial charge in [-0.25, -0.2) is 0 Å². The zero-order valence-corrected chi connectivity index (χ0v) is 12.7. The standard InChI is InChI=1S/C16H22N2S/c1-12(2)18(11-16-8-5-9-19-16)13(3)14-6-4-7-15(17)10-14/h4-10,12-13H,11,17H2,1-3H3. The van der Waals surface area contributed by atoms with E-state index in [1.54, 1.807) is 0 Å².